The SMILES string of the molecule is CC=C(C)C(=O)OC1CC(OC(=O)C(C)=CC)C2(C)C3C(OCC13C)C1OC3CC(c4ccoc4)C(C)=C3C1(C)C2CC(=O)OC. The second-order valence-corrected chi connectivity index (χ2v) is 14.7. The van der Waals surface area contributed by atoms with E-state index in [-0.39, 0.29) is 54.9 Å². The van der Waals surface area contributed by atoms with Crippen molar-refractivity contribution < 1.29 is 42.5 Å². The van der Waals surface area contributed by atoms with Crippen LogP contribution in [-0.2, 0) is 38.1 Å². The molecule has 2 aliphatic heterocycles. The Bertz CT molecular complexity index is 1500. The van der Waals surface area contributed by atoms with Crippen LogP contribution in [0.1, 0.15) is 86.1 Å². The van der Waals surface area contributed by atoms with E-state index in [4.69, 9.17) is 28.1 Å². The van der Waals surface area contributed by atoms with Crippen LogP contribution >= 0.6 is 0 Å². The fourth-order valence-electron chi connectivity index (χ4n) is 10.2. The van der Waals surface area contributed by atoms with Gasteiger partial charge in [-0.2, -0.15) is 0 Å². The van der Waals surface area contributed by atoms with Crippen molar-refractivity contribution in [3.05, 3.63) is 58.6 Å². The number of methoxy groups -OCH3 is 1. The molecule has 250 valence electrons. The number of hydrogen-bond acceptors (Lipinski definition) is 9. The molecular formula is C37H48O9. The Morgan fingerprint density at radius 2 is 1.65 bits per heavy atom. The first-order chi connectivity index (χ1) is 21.8. The lowest BCUT2D eigenvalue weighted by atomic mass is 9.40. The summed E-state index contributed by atoms with van der Waals surface area (Å²) in [6.07, 6.45) is 5.95. The smallest absolute Gasteiger partial charge is 0.333 e. The van der Waals surface area contributed by atoms with Crippen LogP contribution in [0.15, 0.2) is 57.5 Å². The Labute approximate surface area is 271 Å². The normalized spacial score (nSPS) is 41.5. The van der Waals surface area contributed by atoms with Crippen molar-refractivity contribution in [2.24, 2.45) is 28.1 Å². The third-order valence-electron chi connectivity index (χ3n) is 12.7. The molecule has 11 unspecified atom stereocenters. The van der Waals surface area contributed by atoms with E-state index in [0.717, 1.165) is 12.0 Å². The summed E-state index contributed by atoms with van der Waals surface area (Å²) in [6.45, 7) is 16.0. The highest BCUT2D eigenvalue weighted by Crippen LogP contribution is 2.74. The van der Waals surface area contributed by atoms with Crippen molar-refractivity contribution in [2.75, 3.05) is 13.7 Å². The van der Waals surface area contributed by atoms with Gasteiger partial charge in [-0.25, -0.2) is 9.59 Å². The molecule has 5 aliphatic rings. The molecule has 0 spiro atoms. The second-order valence-electron chi connectivity index (χ2n) is 14.7. The van der Waals surface area contributed by atoms with Crippen molar-refractivity contribution in [2.45, 2.75) is 111 Å². The van der Waals surface area contributed by atoms with Gasteiger partial charge in [-0.05, 0) is 64.2 Å². The van der Waals surface area contributed by atoms with Gasteiger partial charge in [0.25, 0.3) is 0 Å². The van der Waals surface area contributed by atoms with Gasteiger partial charge in [0.15, 0.2) is 0 Å². The van der Waals surface area contributed by atoms with Crippen LogP contribution in [0.5, 0.6) is 0 Å². The number of rotatable bonds is 7. The average Bonchev–Trinajstić information content (AvgIpc) is 3.81. The third kappa shape index (κ3) is 4.51. The molecule has 9 nitrogen and oxygen atoms in total. The van der Waals surface area contributed by atoms with Crippen LogP contribution in [0.4, 0.5) is 0 Å². The molecule has 3 aliphatic carbocycles. The number of furan rings is 1. The second kappa shape index (κ2) is 11.5. The number of fused-ring (bicyclic) bond motifs is 4. The van der Waals surface area contributed by atoms with E-state index >= 15 is 0 Å². The summed E-state index contributed by atoms with van der Waals surface area (Å²) in [7, 11) is 1.41. The van der Waals surface area contributed by atoms with E-state index in [2.05, 4.69) is 27.7 Å². The van der Waals surface area contributed by atoms with E-state index < -0.39 is 40.4 Å². The lowest BCUT2D eigenvalue weighted by molar-refractivity contribution is -0.251. The van der Waals surface area contributed by atoms with E-state index in [1.165, 1.54) is 18.3 Å². The molecule has 6 rings (SSSR count). The standard InChI is InChI=1S/C37H48O9/c1-10-19(3)33(39)45-26-16-27(46-34(40)20(4)11-2)36(7)25(15-28(38)41-9)37(8)29-21(5)23(22-12-13-42-17-22)14-24(29)44-32(37)30-31(36)35(26,6)18-43-30/h10-13,17,23-27,30-32H,14-16,18H2,1-9H3. The van der Waals surface area contributed by atoms with Gasteiger partial charge in [0, 0.05) is 52.1 Å². The van der Waals surface area contributed by atoms with Crippen molar-refractivity contribution >= 4 is 17.9 Å². The number of carbonyl (C=O) groups is 3. The van der Waals surface area contributed by atoms with Crippen LogP contribution in [-0.4, -0.2) is 62.1 Å². The van der Waals surface area contributed by atoms with E-state index in [9.17, 15) is 14.4 Å². The molecular weight excluding hydrogens is 588 g/mol. The fourth-order valence-corrected chi connectivity index (χ4v) is 10.2. The molecule has 0 amide bonds. The molecule has 4 fully saturated rings. The molecule has 0 N–H and O–H groups in total. The zero-order valence-electron chi connectivity index (χ0n) is 28.5. The van der Waals surface area contributed by atoms with Crippen LogP contribution < -0.4 is 0 Å². The summed E-state index contributed by atoms with van der Waals surface area (Å²) >= 11 is 0. The maximum Gasteiger partial charge on any atom is 0.333 e. The van der Waals surface area contributed by atoms with Gasteiger partial charge >= 0.3 is 17.9 Å². The van der Waals surface area contributed by atoms with Crippen molar-refractivity contribution in [1.29, 1.82) is 0 Å². The highest BCUT2D eigenvalue weighted by molar-refractivity contribution is 5.88. The zero-order chi connectivity index (χ0) is 33.3. The van der Waals surface area contributed by atoms with Crippen molar-refractivity contribution in [3.8, 4) is 0 Å². The van der Waals surface area contributed by atoms with Crippen LogP contribution in [0.2, 0.25) is 0 Å². The monoisotopic (exact) mass is 636 g/mol. The molecule has 3 heterocycles. The highest BCUT2D eigenvalue weighted by atomic mass is 16.6. The van der Waals surface area contributed by atoms with Crippen LogP contribution in [0.3, 0.4) is 0 Å². The first-order valence-electron chi connectivity index (χ1n) is 16.5. The molecule has 0 radical (unpaired) electrons. The summed E-state index contributed by atoms with van der Waals surface area (Å²) in [4.78, 5) is 40.1. The van der Waals surface area contributed by atoms with E-state index in [1.54, 1.807) is 52.4 Å². The number of carbonyl (C=O) groups excluding carboxylic acids is 3. The molecule has 1 aromatic rings. The quantitative estimate of drug-likeness (QED) is 0.149. The summed E-state index contributed by atoms with van der Waals surface area (Å²) < 4.78 is 37.3. The molecule has 46 heavy (non-hydrogen) atoms. The maximum absolute atomic E-state index is 13.5. The van der Waals surface area contributed by atoms with Gasteiger partial charge in [0.05, 0.1) is 44.6 Å². The predicted octanol–water partition coefficient (Wildman–Crippen LogP) is 6.24. The van der Waals surface area contributed by atoms with E-state index in [1.807, 2.05) is 6.07 Å². The summed E-state index contributed by atoms with van der Waals surface area (Å²) in [5.74, 6) is -1.62. The maximum atomic E-state index is 13.5. The Balaban J connectivity index is 1.53. The minimum Gasteiger partial charge on any atom is -0.472 e. The summed E-state index contributed by atoms with van der Waals surface area (Å²) in [5, 5.41) is 0. The Kier molecular flexibility index (Phi) is 8.20. The summed E-state index contributed by atoms with van der Waals surface area (Å²) in [5.41, 5.74) is 2.49. The number of hydrogen-bond donors (Lipinski definition) is 0. The van der Waals surface area contributed by atoms with E-state index in [0.29, 0.717) is 17.8 Å². The van der Waals surface area contributed by atoms with Crippen molar-refractivity contribution in [1.82, 2.24) is 0 Å². The topological polar surface area (TPSA) is 111 Å². The number of allylic oxidation sites excluding steroid dienone is 3. The minimum atomic E-state index is -0.767. The molecule has 9 heteroatoms. The molecule has 11 atom stereocenters. The van der Waals surface area contributed by atoms with Gasteiger partial charge in [-0.1, -0.05) is 38.5 Å². The first kappa shape index (κ1) is 32.8. The highest BCUT2D eigenvalue weighted by Gasteiger charge is 2.78. The number of esters is 3. The molecule has 0 bridgehead atoms. The van der Waals surface area contributed by atoms with Gasteiger partial charge in [0.2, 0.25) is 0 Å². The van der Waals surface area contributed by atoms with Gasteiger partial charge in [0.1, 0.15) is 12.2 Å². The predicted molar refractivity (Wildman–Crippen MR) is 168 cm³/mol. The Morgan fingerprint density at radius 1 is 1.00 bits per heavy atom. The molecule has 1 aromatic heterocycles. The molecule has 2 saturated carbocycles. The number of ether oxygens (including phenoxy) is 5. The fraction of sp³-hybridized carbons (Fsp3) is 0.649. The molecule has 2 saturated heterocycles. The minimum absolute atomic E-state index is 0.112. The van der Waals surface area contributed by atoms with Gasteiger partial charge < -0.3 is 28.1 Å². The lowest BCUT2D eigenvalue weighted by Gasteiger charge is -2.65. The third-order valence-corrected chi connectivity index (χ3v) is 12.7. The average molecular weight is 637 g/mol. The lowest BCUT2D eigenvalue weighted by Crippen LogP contribution is -2.71. The first-order valence-corrected chi connectivity index (χ1v) is 16.5. The van der Waals surface area contributed by atoms with Crippen LogP contribution in [0, 0.1) is 28.1 Å². The van der Waals surface area contributed by atoms with Gasteiger partial charge in [-0.15, -0.1) is 0 Å². The van der Waals surface area contributed by atoms with Crippen LogP contribution in [0.25, 0.3) is 0 Å². The molecule has 0 aromatic carbocycles. The Hall–Kier alpha value is -3.17. The zero-order valence-corrected chi connectivity index (χ0v) is 28.5. The largest absolute Gasteiger partial charge is 0.472 e. The van der Waals surface area contributed by atoms with Gasteiger partial charge in [-0.3, -0.25) is 4.79 Å². The Morgan fingerprint density at radius 3 is 2.24 bits per heavy atom. The summed E-state index contributed by atoms with van der Waals surface area (Å²) in [6, 6.07) is 2.00. The van der Waals surface area contributed by atoms with Crippen molar-refractivity contribution in [3.63, 3.8) is 0 Å².